The number of aromatic amines is 1. The average Bonchev–Trinajstić information content (AvgIpc) is 3.45. The third kappa shape index (κ3) is 4.48. The van der Waals surface area contributed by atoms with Crippen LogP contribution in [-0.4, -0.2) is 51.5 Å². The fourth-order valence-corrected chi connectivity index (χ4v) is 4.45. The first-order valence-corrected chi connectivity index (χ1v) is 11.4. The van der Waals surface area contributed by atoms with Gasteiger partial charge in [-0.15, -0.1) is 0 Å². The van der Waals surface area contributed by atoms with Gasteiger partial charge in [0.25, 0.3) is 0 Å². The van der Waals surface area contributed by atoms with E-state index in [0.717, 1.165) is 45.4 Å². The summed E-state index contributed by atoms with van der Waals surface area (Å²) < 4.78 is 5.71. The Labute approximate surface area is 194 Å². The summed E-state index contributed by atoms with van der Waals surface area (Å²) in [4.78, 5) is 39.5. The molecule has 168 valence electrons. The molecule has 2 N–H and O–H groups in total. The van der Waals surface area contributed by atoms with E-state index in [2.05, 4.69) is 31.2 Å². The second-order valence-corrected chi connectivity index (χ2v) is 9.18. The molecule has 32 heavy (non-hydrogen) atoms. The van der Waals surface area contributed by atoms with Gasteiger partial charge in [-0.05, 0) is 43.0 Å². The molecule has 2 aromatic heterocycles. The molecule has 3 aromatic rings. The quantitative estimate of drug-likeness (QED) is 0.540. The van der Waals surface area contributed by atoms with Gasteiger partial charge in [0.15, 0.2) is 0 Å². The molecule has 1 saturated heterocycles. The number of methoxy groups -OCH3 is 1. The first-order valence-electron chi connectivity index (χ1n) is 10.6. The fourth-order valence-electron chi connectivity index (χ4n) is 4.08. The van der Waals surface area contributed by atoms with E-state index < -0.39 is 12.1 Å². The second kappa shape index (κ2) is 9.28. The topological polar surface area (TPSA) is 100 Å². The number of fused-ring (bicyclic) bond motifs is 1. The lowest BCUT2D eigenvalue weighted by Gasteiger charge is -2.30. The van der Waals surface area contributed by atoms with Crippen LogP contribution in [0.25, 0.3) is 22.3 Å². The molecule has 3 heterocycles. The smallest absolute Gasteiger partial charge is 0.407 e. The van der Waals surface area contributed by atoms with Gasteiger partial charge in [-0.3, -0.25) is 4.79 Å². The van der Waals surface area contributed by atoms with Crippen molar-refractivity contribution in [2.24, 2.45) is 5.92 Å². The van der Waals surface area contributed by atoms with E-state index in [0.29, 0.717) is 6.54 Å². The first-order chi connectivity index (χ1) is 15.4. The Hall–Kier alpha value is -2.94. The van der Waals surface area contributed by atoms with Crippen molar-refractivity contribution in [3.8, 4) is 11.4 Å². The van der Waals surface area contributed by atoms with Crippen LogP contribution in [0.5, 0.6) is 0 Å². The van der Waals surface area contributed by atoms with Gasteiger partial charge in [0.05, 0.1) is 36.3 Å². The van der Waals surface area contributed by atoms with E-state index in [4.69, 9.17) is 9.72 Å². The number of pyridine rings is 1. The summed E-state index contributed by atoms with van der Waals surface area (Å²) in [7, 11) is 1.29. The normalized spacial score (nSPS) is 17.0. The number of ether oxygens (including phenoxy) is 1. The average molecular weight is 500 g/mol. The van der Waals surface area contributed by atoms with Gasteiger partial charge in [-0.1, -0.05) is 35.8 Å². The van der Waals surface area contributed by atoms with E-state index in [1.807, 2.05) is 44.2 Å². The van der Waals surface area contributed by atoms with E-state index in [1.165, 1.54) is 7.11 Å². The molecule has 0 bridgehead atoms. The van der Waals surface area contributed by atoms with E-state index in [1.54, 1.807) is 11.1 Å². The molecule has 8 nitrogen and oxygen atoms in total. The maximum Gasteiger partial charge on any atom is 0.407 e. The number of nitrogens with one attached hydrogen (secondary N) is 2. The lowest BCUT2D eigenvalue weighted by atomic mass is 10.0. The molecular weight excluding hydrogens is 474 g/mol. The van der Waals surface area contributed by atoms with Crippen molar-refractivity contribution < 1.29 is 14.3 Å². The zero-order chi connectivity index (χ0) is 22.8. The zero-order valence-corrected chi connectivity index (χ0v) is 19.8. The SMILES string of the molecule is COC(=O)N[C@H](C(=O)N1CCCC1c1ncc(-c2ccc3cc(Br)ccc3n2)[nH]1)C(C)C. The minimum Gasteiger partial charge on any atom is -0.453 e. The Balaban J connectivity index is 1.57. The van der Waals surface area contributed by atoms with E-state index in [9.17, 15) is 9.59 Å². The van der Waals surface area contributed by atoms with Gasteiger partial charge in [-0.25, -0.2) is 14.8 Å². The van der Waals surface area contributed by atoms with Crippen LogP contribution in [0.15, 0.2) is 41.0 Å². The van der Waals surface area contributed by atoms with Crippen LogP contribution < -0.4 is 5.32 Å². The number of likely N-dealkylation sites (tertiary alicyclic amines) is 1. The molecule has 0 saturated carbocycles. The summed E-state index contributed by atoms with van der Waals surface area (Å²) in [5.41, 5.74) is 2.49. The predicted molar refractivity (Wildman–Crippen MR) is 125 cm³/mol. The molecule has 1 aliphatic rings. The number of amides is 2. The highest BCUT2D eigenvalue weighted by Crippen LogP contribution is 2.32. The Kier molecular flexibility index (Phi) is 6.45. The van der Waals surface area contributed by atoms with Crippen molar-refractivity contribution in [2.45, 2.75) is 38.8 Å². The number of rotatable bonds is 5. The Morgan fingerprint density at radius 2 is 2.09 bits per heavy atom. The zero-order valence-electron chi connectivity index (χ0n) is 18.3. The highest BCUT2D eigenvalue weighted by atomic mass is 79.9. The van der Waals surface area contributed by atoms with Crippen LogP contribution >= 0.6 is 15.9 Å². The third-order valence-electron chi connectivity index (χ3n) is 5.77. The van der Waals surface area contributed by atoms with Crippen LogP contribution in [-0.2, 0) is 9.53 Å². The maximum atomic E-state index is 13.3. The van der Waals surface area contributed by atoms with Crippen LogP contribution in [0, 0.1) is 5.92 Å². The number of carbonyl (C=O) groups excluding carboxylic acids is 2. The monoisotopic (exact) mass is 499 g/mol. The van der Waals surface area contributed by atoms with E-state index >= 15 is 0 Å². The maximum absolute atomic E-state index is 13.3. The molecule has 2 amide bonds. The Bertz CT molecular complexity index is 1150. The van der Waals surface area contributed by atoms with Gasteiger partial charge in [0.2, 0.25) is 5.91 Å². The van der Waals surface area contributed by atoms with Crippen LogP contribution in [0.1, 0.15) is 38.6 Å². The fraction of sp³-hybridized carbons (Fsp3) is 0.391. The highest BCUT2D eigenvalue weighted by molar-refractivity contribution is 9.10. The van der Waals surface area contributed by atoms with Gasteiger partial charge in [0.1, 0.15) is 11.9 Å². The van der Waals surface area contributed by atoms with Crippen molar-refractivity contribution in [2.75, 3.05) is 13.7 Å². The van der Waals surface area contributed by atoms with Crippen LogP contribution in [0.3, 0.4) is 0 Å². The number of hydrogen-bond acceptors (Lipinski definition) is 5. The number of carbonyl (C=O) groups is 2. The van der Waals surface area contributed by atoms with Gasteiger partial charge in [0, 0.05) is 16.4 Å². The molecule has 1 fully saturated rings. The molecule has 9 heteroatoms. The molecule has 2 atom stereocenters. The van der Waals surface area contributed by atoms with Crippen LogP contribution in [0.4, 0.5) is 4.79 Å². The number of halogens is 1. The molecule has 4 rings (SSSR count). The summed E-state index contributed by atoms with van der Waals surface area (Å²) in [6.07, 6.45) is 2.83. The molecular formula is C23H26BrN5O3. The number of alkyl carbamates (subject to hydrolysis) is 1. The number of imidazole rings is 1. The van der Waals surface area contributed by atoms with Crippen molar-refractivity contribution in [1.82, 2.24) is 25.2 Å². The largest absolute Gasteiger partial charge is 0.453 e. The van der Waals surface area contributed by atoms with Gasteiger partial charge in [-0.2, -0.15) is 0 Å². The summed E-state index contributed by atoms with van der Waals surface area (Å²) in [6.45, 7) is 4.42. The molecule has 0 aliphatic carbocycles. The number of hydrogen-bond donors (Lipinski definition) is 2. The van der Waals surface area contributed by atoms with Gasteiger partial charge >= 0.3 is 6.09 Å². The minimum absolute atomic E-state index is 0.0724. The second-order valence-electron chi connectivity index (χ2n) is 8.26. The number of H-pyrrole nitrogens is 1. The lowest BCUT2D eigenvalue weighted by Crippen LogP contribution is -2.51. The lowest BCUT2D eigenvalue weighted by molar-refractivity contribution is -0.135. The summed E-state index contributed by atoms with van der Waals surface area (Å²) in [5.74, 6) is 0.529. The number of aromatic nitrogens is 3. The summed E-state index contributed by atoms with van der Waals surface area (Å²) in [6, 6.07) is 9.12. The summed E-state index contributed by atoms with van der Waals surface area (Å²) in [5, 5.41) is 3.72. The standard InChI is InChI=1S/C23H26BrN5O3/c1-13(2)20(28-23(31)32-3)22(30)29-10-4-5-19(29)21-25-12-18(27-21)17-8-6-14-11-15(24)7-9-16(14)26-17/h6-9,11-13,19-20H,4-5,10H2,1-3H3,(H,25,27)(H,28,31)/t19?,20-/m0/s1. The van der Waals surface area contributed by atoms with Crippen molar-refractivity contribution in [1.29, 1.82) is 0 Å². The predicted octanol–water partition coefficient (Wildman–Crippen LogP) is 4.43. The molecule has 1 unspecified atom stereocenters. The van der Waals surface area contributed by atoms with Gasteiger partial charge < -0.3 is 19.9 Å². The molecule has 1 aliphatic heterocycles. The van der Waals surface area contributed by atoms with E-state index in [-0.39, 0.29) is 17.9 Å². The molecule has 0 spiro atoms. The molecule has 1 aromatic carbocycles. The summed E-state index contributed by atoms with van der Waals surface area (Å²) >= 11 is 3.48. The Morgan fingerprint density at radius 3 is 2.84 bits per heavy atom. The minimum atomic E-state index is -0.654. The third-order valence-corrected chi connectivity index (χ3v) is 6.26. The van der Waals surface area contributed by atoms with Crippen molar-refractivity contribution >= 4 is 38.8 Å². The van der Waals surface area contributed by atoms with Crippen molar-refractivity contribution in [3.05, 3.63) is 46.8 Å². The number of nitrogens with zero attached hydrogens (tertiary/aromatic N) is 3. The van der Waals surface area contributed by atoms with Crippen molar-refractivity contribution in [3.63, 3.8) is 0 Å². The number of benzene rings is 1. The van der Waals surface area contributed by atoms with Crippen LogP contribution in [0.2, 0.25) is 0 Å². The highest BCUT2D eigenvalue weighted by Gasteiger charge is 2.37. The Morgan fingerprint density at radius 1 is 1.28 bits per heavy atom. The first kappa shape index (κ1) is 22.3. The molecule has 0 radical (unpaired) electrons.